The number of ketones is 1. The maximum Gasteiger partial charge on any atom is 0.272 e. The van der Waals surface area contributed by atoms with E-state index in [0.29, 0.717) is 36.1 Å². The summed E-state index contributed by atoms with van der Waals surface area (Å²) in [7, 11) is 0. The van der Waals surface area contributed by atoms with E-state index < -0.39 is 6.04 Å². The van der Waals surface area contributed by atoms with E-state index in [9.17, 15) is 14.9 Å². The summed E-state index contributed by atoms with van der Waals surface area (Å²) >= 11 is 0. The van der Waals surface area contributed by atoms with Gasteiger partial charge in [0.2, 0.25) is 0 Å². The van der Waals surface area contributed by atoms with E-state index >= 15 is 0 Å². The van der Waals surface area contributed by atoms with Crippen molar-refractivity contribution in [3.8, 4) is 5.75 Å². The van der Waals surface area contributed by atoms with Crippen LogP contribution in [0.2, 0.25) is 0 Å². The Morgan fingerprint density at radius 1 is 1.00 bits per heavy atom. The first-order chi connectivity index (χ1) is 16.9. The van der Waals surface area contributed by atoms with Crippen LogP contribution in [-0.4, -0.2) is 17.3 Å². The van der Waals surface area contributed by atoms with Gasteiger partial charge in [-0.3, -0.25) is 14.9 Å². The van der Waals surface area contributed by atoms with Crippen molar-refractivity contribution in [1.29, 1.82) is 0 Å². The third-order valence-electron chi connectivity index (χ3n) is 6.73. The number of Topliss-reactive ketones (excluding diaryl/α,β-unsaturated/α-hetero) is 1. The van der Waals surface area contributed by atoms with Gasteiger partial charge >= 0.3 is 0 Å². The molecule has 7 heteroatoms. The molecule has 2 atom stereocenters. The second-order valence-electron chi connectivity index (χ2n) is 8.97. The van der Waals surface area contributed by atoms with E-state index in [2.05, 4.69) is 10.6 Å². The van der Waals surface area contributed by atoms with Crippen LogP contribution in [0.4, 0.5) is 17.1 Å². The lowest BCUT2D eigenvalue weighted by atomic mass is 9.78. The maximum absolute atomic E-state index is 13.7. The van der Waals surface area contributed by atoms with Gasteiger partial charge in [-0.2, -0.15) is 0 Å². The Labute approximate surface area is 204 Å². The van der Waals surface area contributed by atoms with Crippen molar-refractivity contribution in [2.75, 3.05) is 17.2 Å². The Balaban J connectivity index is 1.57. The molecule has 178 valence electrons. The molecule has 3 aromatic carbocycles. The second kappa shape index (κ2) is 9.25. The van der Waals surface area contributed by atoms with Crippen molar-refractivity contribution in [2.24, 2.45) is 0 Å². The van der Waals surface area contributed by atoms with Gasteiger partial charge in [-0.1, -0.05) is 36.4 Å². The number of anilines is 2. The van der Waals surface area contributed by atoms with E-state index in [-0.39, 0.29) is 22.3 Å². The van der Waals surface area contributed by atoms with Crippen molar-refractivity contribution < 1.29 is 14.5 Å². The van der Waals surface area contributed by atoms with Crippen LogP contribution in [-0.2, 0) is 4.79 Å². The molecule has 35 heavy (non-hydrogen) atoms. The molecule has 0 aromatic heterocycles. The number of para-hydroxylation sites is 2. The minimum Gasteiger partial charge on any atom is -0.494 e. The van der Waals surface area contributed by atoms with E-state index in [1.165, 1.54) is 0 Å². The molecule has 1 heterocycles. The first-order valence-electron chi connectivity index (χ1n) is 11.8. The molecule has 0 spiro atoms. The smallest absolute Gasteiger partial charge is 0.272 e. The van der Waals surface area contributed by atoms with E-state index in [1.807, 2.05) is 61.5 Å². The zero-order valence-electron chi connectivity index (χ0n) is 19.7. The molecule has 7 nitrogen and oxygen atoms in total. The van der Waals surface area contributed by atoms with Gasteiger partial charge in [-0.15, -0.1) is 0 Å². The quantitative estimate of drug-likeness (QED) is 0.337. The summed E-state index contributed by atoms with van der Waals surface area (Å²) in [4.78, 5) is 24.9. The molecular formula is C28H27N3O4. The fourth-order valence-corrected chi connectivity index (χ4v) is 4.98. The standard InChI is InChI=1S/C28H27N3O4/c1-3-35-21-12-10-18(11-13-21)20-14-24-27(26(32)16-20)28(30-23-7-5-4-6-22(23)29-24)19-9-8-17(2)25(15-19)31(33)34/h4-13,15,20,28-30H,3,14,16H2,1-2H3. The van der Waals surface area contributed by atoms with Crippen molar-refractivity contribution in [3.63, 3.8) is 0 Å². The number of aryl methyl sites for hydroxylation is 1. The van der Waals surface area contributed by atoms with Crippen LogP contribution in [0.1, 0.15) is 48.4 Å². The lowest BCUT2D eigenvalue weighted by molar-refractivity contribution is -0.385. The van der Waals surface area contributed by atoms with Crippen LogP contribution < -0.4 is 15.4 Å². The summed E-state index contributed by atoms with van der Waals surface area (Å²) in [5, 5.41) is 18.6. The fraction of sp³-hybridized carbons (Fsp3) is 0.250. The van der Waals surface area contributed by atoms with Crippen LogP contribution in [0.25, 0.3) is 0 Å². The molecule has 2 unspecified atom stereocenters. The molecule has 2 aliphatic rings. The predicted molar refractivity (Wildman–Crippen MR) is 136 cm³/mol. The van der Waals surface area contributed by atoms with Crippen molar-refractivity contribution in [2.45, 2.75) is 38.6 Å². The number of hydrogen-bond donors (Lipinski definition) is 2. The molecule has 0 bridgehead atoms. The highest BCUT2D eigenvalue weighted by Gasteiger charge is 2.36. The number of ether oxygens (including phenoxy) is 1. The minimum atomic E-state index is -0.491. The number of hydrogen-bond acceptors (Lipinski definition) is 6. The van der Waals surface area contributed by atoms with Crippen molar-refractivity contribution in [1.82, 2.24) is 0 Å². The number of benzene rings is 3. The van der Waals surface area contributed by atoms with Gasteiger partial charge in [0.1, 0.15) is 5.75 Å². The minimum absolute atomic E-state index is 0.0303. The number of nitrogens with one attached hydrogen (secondary N) is 2. The number of allylic oxidation sites excluding steroid dienone is 1. The Kier molecular flexibility index (Phi) is 5.99. The molecule has 3 aromatic rings. The number of carbonyl (C=O) groups excluding carboxylic acids is 1. The van der Waals surface area contributed by atoms with Crippen LogP contribution in [0.5, 0.6) is 5.75 Å². The molecule has 0 saturated carbocycles. The highest BCUT2D eigenvalue weighted by Crippen LogP contribution is 2.44. The zero-order valence-corrected chi connectivity index (χ0v) is 19.7. The summed E-state index contributed by atoms with van der Waals surface area (Å²) in [5.74, 6) is 0.874. The summed E-state index contributed by atoms with van der Waals surface area (Å²) < 4.78 is 5.56. The first-order valence-corrected chi connectivity index (χ1v) is 11.8. The van der Waals surface area contributed by atoms with Crippen molar-refractivity contribution >= 4 is 22.8 Å². The lowest BCUT2D eigenvalue weighted by Crippen LogP contribution is -2.27. The van der Waals surface area contributed by atoms with Gasteiger partial charge in [-0.05, 0) is 61.6 Å². The molecule has 2 N–H and O–H groups in total. The Morgan fingerprint density at radius 2 is 1.71 bits per heavy atom. The number of carbonyl (C=O) groups is 1. The number of nitro groups is 1. The Morgan fingerprint density at radius 3 is 2.43 bits per heavy atom. The summed E-state index contributed by atoms with van der Waals surface area (Å²) in [6.45, 7) is 4.27. The third-order valence-corrected chi connectivity index (χ3v) is 6.73. The highest BCUT2D eigenvalue weighted by atomic mass is 16.6. The topological polar surface area (TPSA) is 93.5 Å². The molecule has 1 aliphatic heterocycles. The van der Waals surface area contributed by atoms with Gasteiger partial charge in [-0.25, -0.2) is 0 Å². The largest absolute Gasteiger partial charge is 0.494 e. The van der Waals surface area contributed by atoms with Gasteiger partial charge in [0, 0.05) is 29.3 Å². The number of nitro benzene ring substituents is 1. The van der Waals surface area contributed by atoms with Crippen molar-refractivity contribution in [3.05, 3.63) is 105 Å². The zero-order chi connectivity index (χ0) is 24.5. The monoisotopic (exact) mass is 469 g/mol. The lowest BCUT2D eigenvalue weighted by Gasteiger charge is -2.30. The number of rotatable bonds is 5. The summed E-state index contributed by atoms with van der Waals surface area (Å²) in [6, 6.07) is 20.4. The molecule has 1 aliphatic carbocycles. The molecular weight excluding hydrogens is 442 g/mol. The van der Waals surface area contributed by atoms with Gasteiger partial charge in [0.25, 0.3) is 5.69 Å². The van der Waals surface area contributed by atoms with Gasteiger partial charge < -0.3 is 15.4 Å². The SMILES string of the molecule is CCOc1ccc(C2CC(=O)C3=C(C2)Nc2ccccc2NC3c2ccc(C)c([N+](=O)[O-])c2)cc1. The highest BCUT2D eigenvalue weighted by molar-refractivity contribution is 6.01. The van der Waals surface area contributed by atoms with Crippen LogP contribution >= 0.6 is 0 Å². The average molecular weight is 470 g/mol. The molecule has 0 fully saturated rings. The summed E-state index contributed by atoms with van der Waals surface area (Å²) in [6.07, 6.45) is 1.03. The van der Waals surface area contributed by atoms with Gasteiger partial charge in [0.05, 0.1) is 28.9 Å². The van der Waals surface area contributed by atoms with E-state index in [1.54, 1.807) is 19.1 Å². The van der Waals surface area contributed by atoms with Crippen LogP contribution in [0, 0.1) is 17.0 Å². The molecule has 5 rings (SSSR count). The number of fused-ring (bicyclic) bond motifs is 1. The Hall–Kier alpha value is -4.13. The molecule has 0 saturated heterocycles. The predicted octanol–water partition coefficient (Wildman–Crippen LogP) is 6.28. The molecule has 0 amide bonds. The third kappa shape index (κ3) is 4.37. The van der Waals surface area contributed by atoms with E-state index in [4.69, 9.17) is 4.74 Å². The van der Waals surface area contributed by atoms with E-state index in [0.717, 1.165) is 28.4 Å². The Bertz CT molecular complexity index is 1330. The van der Waals surface area contributed by atoms with Gasteiger partial charge in [0.15, 0.2) is 5.78 Å². The summed E-state index contributed by atoms with van der Waals surface area (Å²) in [5.41, 5.74) is 5.64. The maximum atomic E-state index is 13.7. The number of nitrogens with zero attached hydrogens (tertiary/aromatic N) is 1. The normalized spacial score (nSPS) is 19.1. The second-order valence-corrected chi connectivity index (χ2v) is 8.97. The molecule has 0 radical (unpaired) electrons. The van der Waals surface area contributed by atoms with Crippen LogP contribution in [0.15, 0.2) is 78.0 Å². The first kappa shape index (κ1) is 22.7. The van der Waals surface area contributed by atoms with Crippen LogP contribution in [0.3, 0.4) is 0 Å². The average Bonchev–Trinajstić information content (AvgIpc) is 3.02. The fourth-order valence-electron chi connectivity index (χ4n) is 4.98.